The van der Waals surface area contributed by atoms with Crippen molar-refractivity contribution in [2.45, 2.75) is 33.1 Å². The third-order valence-corrected chi connectivity index (χ3v) is 3.55. The molecule has 0 spiro atoms. The van der Waals surface area contributed by atoms with Gasteiger partial charge in [0.25, 0.3) is 0 Å². The molecule has 0 radical (unpaired) electrons. The SMILES string of the molecule is CCCCCN(C)CC(C)CN1CCNCC1. The number of rotatable bonds is 8. The summed E-state index contributed by atoms with van der Waals surface area (Å²) in [5, 5.41) is 3.41. The fraction of sp³-hybridized carbons (Fsp3) is 1.00. The second kappa shape index (κ2) is 8.90. The van der Waals surface area contributed by atoms with E-state index >= 15 is 0 Å². The predicted octanol–water partition coefficient (Wildman–Crippen LogP) is 1.65. The number of piperazine rings is 1. The van der Waals surface area contributed by atoms with Gasteiger partial charge in [-0.25, -0.2) is 0 Å². The molecule has 1 fully saturated rings. The summed E-state index contributed by atoms with van der Waals surface area (Å²) in [7, 11) is 2.27. The fourth-order valence-electron chi connectivity index (χ4n) is 2.65. The maximum Gasteiger partial charge on any atom is 0.0107 e. The van der Waals surface area contributed by atoms with Gasteiger partial charge in [-0.05, 0) is 25.9 Å². The van der Waals surface area contributed by atoms with Crippen LogP contribution in [0, 0.1) is 5.92 Å². The Kier molecular flexibility index (Phi) is 7.82. The van der Waals surface area contributed by atoms with Crippen molar-refractivity contribution in [3.8, 4) is 0 Å². The van der Waals surface area contributed by atoms with Crippen LogP contribution in [-0.4, -0.2) is 62.7 Å². The number of hydrogen-bond donors (Lipinski definition) is 1. The van der Waals surface area contributed by atoms with Crippen LogP contribution in [0.4, 0.5) is 0 Å². The first-order valence-corrected chi connectivity index (χ1v) is 7.34. The van der Waals surface area contributed by atoms with E-state index in [1.165, 1.54) is 65.1 Å². The first kappa shape index (κ1) is 14.9. The molecule has 0 aromatic rings. The fourth-order valence-corrected chi connectivity index (χ4v) is 2.65. The number of unbranched alkanes of at least 4 members (excludes halogenated alkanes) is 2. The highest BCUT2D eigenvalue weighted by Gasteiger charge is 2.14. The van der Waals surface area contributed by atoms with Gasteiger partial charge in [-0.1, -0.05) is 26.7 Å². The standard InChI is InChI=1S/C14H31N3/c1-4-5-6-9-16(3)12-14(2)13-17-10-7-15-8-11-17/h14-15H,4-13H2,1-3H3. The second-order valence-corrected chi connectivity index (χ2v) is 5.63. The molecule has 1 aliphatic heterocycles. The van der Waals surface area contributed by atoms with Crippen LogP contribution >= 0.6 is 0 Å². The molecule has 3 heteroatoms. The minimum atomic E-state index is 0.791. The monoisotopic (exact) mass is 241 g/mol. The lowest BCUT2D eigenvalue weighted by Crippen LogP contribution is -2.46. The molecule has 17 heavy (non-hydrogen) atoms. The molecule has 1 N–H and O–H groups in total. The van der Waals surface area contributed by atoms with Crippen molar-refractivity contribution in [3.05, 3.63) is 0 Å². The molecule has 0 amide bonds. The zero-order valence-corrected chi connectivity index (χ0v) is 12.0. The van der Waals surface area contributed by atoms with Crippen LogP contribution < -0.4 is 5.32 Å². The van der Waals surface area contributed by atoms with E-state index in [2.05, 4.69) is 36.0 Å². The van der Waals surface area contributed by atoms with E-state index in [1.54, 1.807) is 0 Å². The van der Waals surface area contributed by atoms with E-state index in [4.69, 9.17) is 0 Å². The van der Waals surface area contributed by atoms with Crippen LogP contribution in [0.2, 0.25) is 0 Å². The van der Waals surface area contributed by atoms with Gasteiger partial charge >= 0.3 is 0 Å². The van der Waals surface area contributed by atoms with Crippen molar-refractivity contribution >= 4 is 0 Å². The Balaban J connectivity index is 2.07. The van der Waals surface area contributed by atoms with Crippen LogP contribution in [0.15, 0.2) is 0 Å². The van der Waals surface area contributed by atoms with Gasteiger partial charge in [-0.2, -0.15) is 0 Å². The lowest BCUT2D eigenvalue weighted by atomic mass is 10.1. The van der Waals surface area contributed by atoms with Crippen LogP contribution in [0.3, 0.4) is 0 Å². The molecule has 0 bridgehead atoms. The highest BCUT2D eigenvalue weighted by atomic mass is 15.2. The van der Waals surface area contributed by atoms with Gasteiger partial charge in [0.1, 0.15) is 0 Å². The summed E-state index contributed by atoms with van der Waals surface area (Å²) in [5.74, 6) is 0.791. The van der Waals surface area contributed by atoms with Crippen molar-refractivity contribution in [2.75, 3.05) is 52.9 Å². The third kappa shape index (κ3) is 7.02. The first-order valence-electron chi connectivity index (χ1n) is 7.34. The van der Waals surface area contributed by atoms with E-state index in [-0.39, 0.29) is 0 Å². The average Bonchev–Trinajstić information content (AvgIpc) is 2.30. The van der Waals surface area contributed by atoms with Crippen LogP contribution in [0.1, 0.15) is 33.1 Å². The molecule has 0 aromatic carbocycles. The maximum atomic E-state index is 3.41. The first-order chi connectivity index (χ1) is 8.22. The van der Waals surface area contributed by atoms with Crippen LogP contribution in [0.5, 0.6) is 0 Å². The molecule has 3 nitrogen and oxygen atoms in total. The number of nitrogens with one attached hydrogen (secondary N) is 1. The largest absolute Gasteiger partial charge is 0.314 e. The van der Waals surface area contributed by atoms with Gasteiger partial charge in [0.15, 0.2) is 0 Å². The van der Waals surface area contributed by atoms with E-state index in [0.29, 0.717) is 0 Å². The van der Waals surface area contributed by atoms with Crippen molar-refractivity contribution < 1.29 is 0 Å². The quantitative estimate of drug-likeness (QED) is 0.652. The van der Waals surface area contributed by atoms with E-state index in [9.17, 15) is 0 Å². The zero-order chi connectivity index (χ0) is 12.5. The molecule has 1 aliphatic rings. The van der Waals surface area contributed by atoms with Crippen molar-refractivity contribution in [3.63, 3.8) is 0 Å². The Morgan fingerprint density at radius 1 is 1.24 bits per heavy atom. The second-order valence-electron chi connectivity index (χ2n) is 5.63. The van der Waals surface area contributed by atoms with Gasteiger partial charge < -0.3 is 15.1 Å². The van der Waals surface area contributed by atoms with Gasteiger partial charge in [-0.3, -0.25) is 0 Å². The van der Waals surface area contributed by atoms with Crippen molar-refractivity contribution in [2.24, 2.45) is 5.92 Å². The summed E-state index contributed by atoms with van der Waals surface area (Å²) >= 11 is 0. The van der Waals surface area contributed by atoms with E-state index in [1.807, 2.05) is 0 Å². The molecule has 0 aliphatic carbocycles. The molecule has 1 heterocycles. The van der Waals surface area contributed by atoms with Crippen LogP contribution in [0.25, 0.3) is 0 Å². The molecule has 0 saturated carbocycles. The van der Waals surface area contributed by atoms with Gasteiger partial charge in [-0.15, -0.1) is 0 Å². The number of nitrogens with zero attached hydrogens (tertiary/aromatic N) is 2. The summed E-state index contributed by atoms with van der Waals surface area (Å²) in [4.78, 5) is 5.10. The lowest BCUT2D eigenvalue weighted by Gasteiger charge is -2.31. The smallest absolute Gasteiger partial charge is 0.0107 e. The normalized spacial score (nSPS) is 19.8. The summed E-state index contributed by atoms with van der Waals surface area (Å²) in [6, 6.07) is 0. The van der Waals surface area contributed by atoms with E-state index < -0.39 is 0 Å². The Morgan fingerprint density at radius 3 is 2.59 bits per heavy atom. The molecular weight excluding hydrogens is 210 g/mol. The van der Waals surface area contributed by atoms with Gasteiger partial charge in [0.2, 0.25) is 0 Å². The minimum absolute atomic E-state index is 0.791. The zero-order valence-electron chi connectivity index (χ0n) is 12.0. The van der Waals surface area contributed by atoms with E-state index in [0.717, 1.165) is 5.92 Å². The Labute approximate surface area is 108 Å². The molecule has 1 atom stereocenters. The van der Waals surface area contributed by atoms with Crippen LogP contribution in [-0.2, 0) is 0 Å². The van der Waals surface area contributed by atoms with Gasteiger partial charge in [0.05, 0.1) is 0 Å². The molecule has 0 aromatic heterocycles. The highest BCUT2D eigenvalue weighted by Crippen LogP contribution is 2.05. The topological polar surface area (TPSA) is 18.5 Å². The third-order valence-electron chi connectivity index (χ3n) is 3.55. The maximum absolute atomic E-state index is 3.41. The molecule has 1 rings (SSSR count). The Bertz CT molecular complexity index is 178. The predicted molar refractivity (Wildman–Crippen MR) is 75.5 cm³/mol. The summed E-state index contributed by atoms with van der Waals surface area (Å²) in [6.07, 6.45) is 4.05. The molecule has 102 valence electrons. The number of hydrogen-bond acceptors (Lipinski definition) is 3. The molecule has 1 unspecified atom stereocenters. The molecular formula is C14H31N3. The molecule has 1 saturated heterocycles. The highest BCUT2D eigenvalue weighted by molar-refractivity contribution is 4.71. The summed E-state index contributed by atoms with van der Waals surface area (Å²) in [5.41, 5.74) is 0. The van der Waals surface area contributed by atoms with Gasteiger partial charge in [0, 0.05) is 39.3 Å². The Hall–Kier alpha value is -0.120. The average molecular weight is 241 g/mol. The van der Waals surface area contributed by atoms with Crippen molar-refractivity contribution in [1.29, 1.82) is 0 Å². The summed E-state index contributed by atoms with van der Waals surface area (Å²) in [6.45, 7) is 13.2. The minimum Gasteiger partial charge on any atom is -0.314 e. The Morgan fingerprint density at radius 2 is 1.94 bits per heavy atom. The summed E-state index contributed by atoms with van der Waals surface area (Å²) < 4.78 is 0. The lowest BCUT2D eigenvalue weighted by molar-refractivity contribution is 0.183. The van der Waals surface area contributed by atoms with Crippen molar-refractivity contribution in [1.82, 2.24) is 15.1 Å².